The average molecular weight is 348 g/mol. The van der Waals surface area contributed by atoms with Crippen molar-refractivity contribution >= 4 is 22.3 Å². The molecular weight excluding hydrogens is 324 g/mol. The summed E-state index contributed by atoms with van der Waals surface area (Å²) in [5.41, 5.74) is 9.11. The Morgan fingerprint density at radius 2 is 2.12 bits per heavy atom. The van der Waals surface area contributed by atoms with E-state index < -0.39 is 6.10 Å². The third-order valence-electron chi connectivity index (χ3n) is 4.89. The van der Waals surface area contributed by atoms with Crippen LogP contribution in [0, 0.1) is 6.92 Å². The molecule has 4 rings (SSSR count). The number of fused-ring (bicyclic) bond motifs is 1. The molecule has 1 aromatic carbocycles. The first-order valence-corrected chi connectivity index (χ1v) is 9.14. The van der Waals surface area contributed by atoms with E-state index >= 15 is 0 Å². The lowest BCUT2D eigenvalue weighted by Gasteiger charge is -2.32. The molecule has 26 heavy (non-hydrogen) atoms. The van der Waals surface area contributed by atoms with Crippen molar-refractivity contribution in [3.63, 3.8) is 0 Å². The largest absolute Gasteiger partial charge is 0.385 e. The normalized spacial score (nSPS) is 23.2. The molecule has 5 nitrogen and oxygen atoms in total. The van der Waals surface area contributed by atoms with Crippen molar-refractivity contribution in [1.82, 2.24) is 9.97 Å². The fraction of sp³-hybridized carbons (Fsp3) is 0.333. The molecule has 0 amide bonds. The van der Waals surface area contributed by atoms with Gasteiger partial charge in [-0.15, -0.1) is 0 Å². The molecule has 2 aliphatic rings. The predicted molar refractivity (Wildman–Crippen MR) is 106 cm³/mol. The van der Waals surface area contributed by atoms with E-state index in [1.165, 1.54) is 0 Å². The second-order valence-corrected chi connectivity index (χ2v) is 7.10. The molecule has 134 valence electrons. The Hall–Kier alpha value is -2.50. The molecule has 2 heterocycles. The minimum atomic E-state index is -0.635. The zero-order chi connectivity index (χ0) is 18.1. The van der Waals surface area contributed by atoms with Crippen LogP contribution in [-0.2, 0) is 0 Å². The standard InChI is InChI=1S/C21H24N4O/c1-14-8-9-18-19(11-14)23-20(15-5-2-3-7-17(26)12-15)24-21(18)25-10-4-6-16(22)13-25/h2-3,5,7-9,11-12,16-17,26H,4,6,10,13,22H2,1H3. The average Bonchev–Trinajstić information content (AvgIpc) is 2.85. The molecule has 1 aromatic heterocycles. The van der Waals surface area contributed by atoms with Gasteiger partial charge in [-0.1, -0.05) is 30.4 Å². The highest BCUT2D eigenvalue weighted by atomic mass is 16.3. The summed E-state index contributed by atoms with van der Waals surface area (Å²) in [5, 5.41) is 11.1. The lowest BCUT2D eigenvalue weighted by atomic mass is 10.1. The molecule has 2 atom stereocenters. The van der Waals surface area contributed by atoms with Crippen LogP contribution in [-0.4, -0.2) is 40.3 Å². The monoisotopic (exact) mass is 348 g/mol. The van der Waals surface area contributed by atoms with Crippen LogP contribution in [0.2, 0.25) is 0 Å². The van der Waals surface area contributed by atoms with Gasteiger partial charge in [0.25, 0.3) is 0 Å². The Morgan fingerprint density at radius 3 is 2.96 bits per heavy atom. The van der Waals surface area contributed by atoms with Crippen molar-refractivity contribution in [2.75, 3.05) is 18.0 Å². The van der Waals surface area contributed by atoms with Gasteiger partial charge in [0.15, 0.2) is 5.82 Å². The van der Waals surface area contributed by atoms with Crippen LogP contribution >= 0.6 is 0 Å². The van der Waals surface area contributed by atoms with Crippen LogP contribution < -0.4 is 10.6 Å². The van der Waals surface area contributed by atoms with Crippen molar-refractivity contribution in [3.8, 4) is 0 Å². The highest BCUT2D eigenvalue weighted by molar-refractivity contribution is 5.91. The van der Waals surface area contributed by atoms with Gasteiger partial charge in [0, 0.05) is 30.1 Å². The quantitative estimate of drug-likeness (QED) is 0.873. The van der Waals surface area contributed by atoms with Crippen molar-refractivity contribution in [2.24, 2.45) is 5.73 Å². The van der Waals surface area contributed by atoms with E-state index in [0.717, 1.165) is 53.8 Å². The molecule has 2 unspecified atom stereocenters. The summed E-state index contributed by atoms with van der Waals surface area (Å²) in [5.74, 6) is 1.57. The second kappa shape index (κ2) is 7.02. The number of aryl methyl sites for hydroxylation is 1. The maximum atomic E-state index is 10.0. The Bertz CT molecular complexity index is 916. The van der Waals surface area contributed by atoms with Crippen LogP contribution in [0.5, 0.6) is 0 Å². The smallest absolute Gasteiger partial charge is 0.161 e. The maximum Gasteiger partial charge on any atom is 0.161 e. The molecule has 0 saturated carbocycles. The Kier molecular flexibility index (Phi) is 4.57. The van der Waals surface area contributed by atoms with Gasteiger partial charge in [0.05, 0.1) is 11.6 Å². The summed E-state index contributed by atoms with van der Waals surface area (Å²) in [4.78, 5) is 11.9. The Morgan fingerprint density at radius 1 is 1.23 bits per heavy atom. The van der Waals surface area contributed by atoms with E-state index in [9.17, 15) is 5.11 Å². The number of aromatic nitrogens is 2. The first-order valence-electron chi connectivity index (χ1n) is 9.14. The van der Waals surface area contributed by atoms with Gasteiger partial charge in [0.2, 0.25) is 0 Å². The van der Waals surface area contributed by atoms with E-state index in [4.69, 9.17) is 15.7 Å². The molecule has 5 heteroatoms. The number of benzene rings is 1. The van der Waals surface area contributed by atoms with Crippen LogP contribution in [0.1, 0.15) is 24.2 Å². The molecule has 2 aromatic rings. The molecular formula is C21H24N4O. The van der Waals surface area contributed by atoms with Crippen LogP contribution in [0.25, 0.3) is 16.5 Å². The first-order chi connectivity index (χ1) is 12.6. The minimum Gasteiger partial charge on any atom is -0.385 e. The number of anilines is 1. The number of nitrogens with two attached hydrogens (primary N) is 1. The van der Waals surface area contributed by atoms with E-state index in [0.29, 0.717) is 5.82 Å². The number of hydrogen-bond donors (Lipinski definition) is 2. The van der Waals surface area contributed by atoms with E-state index in [2.05, 4.69) is 30.0 Å². The highest BCUT2D eigenvalue weighted by Gasteiger charge is 2.21. The topological polar surface area (TPSA) is 75.3 Å². The zero-order valence-corrected chi connectivity index (χ0v) is 15.0. The summed E-state index contributed by atoms with van der Waals surface area (Å²) in [6.07, 6.45) is 10.7. The number of aliphatic hydroxyl groups is 1. The third kappa shape index (κ3) is 3.41. The van der Waals surface area contributed by atoms with Gasteiger partial charge >= 0.3 is 0 Å². The van der Waals surface area contributed by atoms with Crippen LogP contribution in [0.3, 0.4) is 0 Å². The molecule has 0 bridgehead atoms. The zero-order valence-electron chi connectivity index (χ0n) is 15.0. The van der Waals surface area contributed by atoms with E-state index in [1.807, 2.05) is 18.2 Å². The van der Waals surface area contributed by atoms with Gasteiger partial charge in [-0.25, -0.2) is 9.97 Å². The summed E-state index contributed by atoms with van der Waals surface area (Å²) < 4.78 is 0. The van der Waals surface area contributed by atoms with Gasteiger partial charge in [0.1, 0.15) is 5.82 Å². The number of rotatable bonds is 2. The van der Waals surface area contributed by atoms with Crippen LogP contribution in [0.4, 0.5) is 5.82 Å². The molecule has 1 aliphatic heterocycles. The molecule has 0 radical (unpaired) electrons. The van der Waals surface area contributed by atoms with Gasteiger partial charge in [-0.3, -0.25) is 0 Å². The fourth-order valence-electron chi connectivity index (χ4n) is 3.58. The van der Waals surface area contributed by atoms with Crippen molar-refractivity contribution in [2.45, 2.75) is 31.9 Å². The van der Waals surface area contributed by atoms with E-state index in [1.54, 1.807) is 12.2 Å². The molecule has 0 spiro atoms. The molecule has 1 aliphatic carbocycles. The molecule has 1 saturated heterocycles. The number of hydrogen-bond acceptors (Lipinski definition) is 5. The second-order valence-electron chi connectivity index (χ2n) is 7.10. The molecule has 1 fully saturated rings. The number of aliphatic hydroxyl groups excluding tert-OH is 1. The Labute approximate surface area is 153 Å². The number of allylic oxidation sites excluding steroid dienone is 4. The van der Waals surface area contributed by atoms with Gasteiger partial charge in [-0.05, 0) is 43.5 Å². The first kappa shape index (κ1) is 16.9. The fourth-order valence-corrected chi connectivity index (χ4v) is 3.58. The maximum absolute atomic E-state index is 10.0. The summed E-state index contributed by atoms with van der Waals surface area (Å²) in [6, 6.07) is 6.45. The summed E-state index contributed by atoms with van der Waals surface area (Å²) in [6.45, 7) is 3.82. The van der Waals surface area contributed by atoms with Crippen LogP contribution in [0.15, 0.2) is 48.6 Å². The lowest BCUT2D eigenvalue weighted by molar-refractivity contribution is 0.272. The van der Waals surface area contributed by atoms with Crippen molar-refractivity contribution in [3.05, 3.63) is 60.0 Å². The van der Waals surface area contributed by atoms with Crippen molar-refractivity contribution in [1.29, 1.82) is 0 Å². The summed E-state index contributed by atoms with van der Waals surface area (Å²) in [7, 11) is 0. The summed E-state index contributed by atoms with van der Waals surface area (Å²) >= 11 is 0. The van der Waals surface area contributed by atoms with Gasteiger partial charge < -0.3 is 15.7 Å². The minimum absolute atomic E-state index is 0.172. The van der Waals surface area contributed by atoms with Crippen molar-refractivity contribution < 1.29 is 5.11 Å². The highest BCUT2D eigenvalue weighted by Crippen LogP contribution is 2.29. The van der Waals surface area contributed by atoms with E-state index in [-0.39, 0.29) is 6.04 Å². The number of piperidine rings is 1. The lowest BCUT2D eigenvalue weighted by Crippen LogP contribution is -2.43. The Balaban J connectivity index is 1.86. The number of nitrogens with zero attached hydrogens (tertiary/aromatic N) is 3. The predicted octanol–water partition coefficient (Wildman–Crippen LogP) is 2.74. The third-order valence-corrected chi connectivity index (χ3v) is 4.89. The SMILES string of the molecule is Cc1ccc2c(N3CCCC(N)C3)nc(C3=CC(O)C=CC=C3)nc2c1. The molecule has 3 N–H and O–H groups in total. The van der Waals surface area contributed by atoms with Gasteiger partial charge in [-0.2, -0.15) is 0 Å².